The first-order valence-corrected chi connectivity index (χ1v) is 7.51. The van der Waals surface area contributed by atoms with Crippen LogP contribution in [0.3, 0.4) is 0 Å². The standard InChI is InChI=1S/C17H16ClN3/c18-16-12-20-11-15(14-4-2-1-3-5-14)17(16)21-8-6-13(10-19)7-9-21/h1-5,11-13H,6-9H2. The molecule has 0 spiro atoms. The Hall–Kier alpha value is -2.05. The topological polar surface area (TPSA) is 39.9 Å². The van der Waals surface area contributed by atoms with Crippen LogP contribution in [-0.2, 0) is 0 Å². The fraction of sp³-hybridized carbons (Fsp3) is 0.294. The largest absolute Gasteiger partial charge is 0.370 e. The molecule has 0 saturated carbocycles. The number of anilines is 1. The van der Waals surface area contributed by atoms with Crippen LogP contribution in [0, 0.1) is 17.2 Å². The Morgan fingerprint density at radius 1 is 1.14 bits per heavy atom. The Morgan fingerprint density at radius 2 is 1.86 bits per heavy atom. The number of aromatic nitrogens is 1. The molecule has 0 unspecified atom stereocenters. The van der Waals surface area contributed by atoms with Gasteiger partial charge in [0.2, 0.25) is 0 Å². The van der Waals surface area contributed by atoms with Gasteiger partial charge < -0.3 is 4.90 Å². The van der Waals surface area contributed by atoms with E-state index in [-0.39, 0.29) is 5.92 Å². The summed E-state index contributed by atoms with van der Waals surface area (Å²) >= 11 is 6.41. The van der Waals surface area contributed by atoms with Crippen LogP contribution in [0.2, 0.25) is 5.02 Å². The Bertz CT molecular complexity index is 655. The molecule has 1 fully saturated rings. The van der Waals surface area contributed by atoms with Crippen LogP contribution in [0.5, 0.6) is 0 Å². The first kappa shape index (κ1) is 13.9. The van der Waals surface area contributed by atoms with Crippen LogP contribution in [0.15, 0.2) is 42.7 Å². The molecule has 1 saturated heterocycles. The average Bonchev–Trinajstić information content (AvgIpc) is 2.55. The van der Waals surface area contributed by atoms with Gasteiger partial charge in [0.25, 0.3) is 0 Å². The third kappa shape index (κ3) is 2.86. The maximum absolute atomic E-state index is 9.03. The van der Waals surface area contributed by atoms with E-state index in [1.54, 1.807) is 6.20 Å². The van der Waals surface area contributed by atoms with Crippen molar-refractivity contribution in [3.8, 4) is 17.2 Å². The summed E-state index contributed by atoms with van der Waals surface area (Å²) < 4.78 is 0. The van der Waals surface area contributed by atoms with E-state index < -0.39 is 0 Å². The SMILES string of the molecule is N#CC1CCN(c2c(Cl)cncc2-c2ccccc2)CC1. The van der Waals surface area contributed by atoms with Crippen LogP contribution >= 0.6 is 11.6 Å². The Labute approximate surface area is 129 Å². The minimum absolute atomic E-state index is 0.169. The van der Waals surface area contributed by atoms with Gasteiger partial charge in [0.15, 0.2) is 0 Å². The van der Waals surface area contributed by atoms with Gasteiger partial charge in [-0.05, 0) is 18.4 Å². The second-order valence-electron chi connectivity index (χ2n) is 5.27. The highest BCUT2D eigenvalue weighted by atomic mass is 35.5. The first-order chi connectivity index (χ1) is 10.3. The number of hydrogen-bond acceptors (Lipinski definition) is 3. The van der Waals surface area contributed by atoms with Crippen LogP contribution in [0.25, 0.3) is 11.1 Å². The monoisotopic (exact) mass is 297 g/mol. The zero-order valence-corrected chi connectivity index (χ0v) is 12.4. The fourth-order valence-corrected chi connectivity index (χ4v) is 3.09. The third-order valence-corrected chi connectivity index (χ3v) is 4.23. The number of nitriles is 1. The molecule has 0 atom stereocenters. The van der Waals surface area contributed by atoms with Gasteiger partial charge in [-0.1, -0.05) is 41.9 Å². The van der Waals surface area contributed by atoms with E-state index in [2.05, 4.69) is 28.1 Å². The maximum Gasteiger partial charge on any atom is 0.0829 e. The quantitative estimate of drug-likeness (QED) is 0.836. The summed E-state index contributed by atoms with van der Waals surface area (Å²) in [6.45, 7) is 1.73. The second kappa shape index (κ2) is 6.15. The van der Waals surface area contributed by atoms with Crippen molar-refractivity contribution in [1.29, 1.82) is 5.26 Å². The number of piperidine rings is 1. The summed E-state index contributed by atoms with van der Waals surface area (Å²) in [5.74, 6) is 0.169. The van der Waals surface area contributed by atoms with Gasteiger partial charge in [0.05, 0.1) is 16.8 Å². The maximum atomic E-state index is 9.03. The molecule has 1 aliphatic heterocycles. The number of rotatable bonds is 2. The van der Waals surface area contributed by atoms with E-state index in [1.165, 1.54) is 0 Å². The molecule has 0 amide bonds. The van der Waals surface area contributed by atoms with E-state index in [0.717, 1.165) is 42.7 Å². The van der Waals surface area contributed by atoms with E-state index >= 15 is 0 Å². The van der Waals surface area contributed by atoms with Gasteiger partial charge >= 0.3 is 0 Å². The van der Waals surface area contributed by atoms with E-state index in [4.69, 9.17) is 16.9 Å². The Balaban J connectivity index is 1.97. The molecule has 2 heterocycles. The lowest BCUT2D eigenvalue weighted by Crippen LogP contribution is -2.33. The van der Waals surface area contributed by atoms with Gasteiger partial charge in [-0.3, -0.25) is 4.98 Å². The summed E-state index contributed by atoms with van der Waals surface area (Å²) in [5.41, 5.74) is 3.21. The molecule has 4 heteroatoms. The van der Waals surface area contributed by atoms with Crippen LogP contribution in [0.4, 0.5) is 5.69 Å². The summed E-state index contributed by atoms with van der Waals surface area (Å²) in [6, 6.07) is 12.5. The minimum Gasteiger partial charge on any atom is -0.370 e. The molecule has 2 aromatic rings. The predicted octanol–water partition coefficient (Wildman–Crippen LogP) is 4.14. The zero-order chi connectivity index (χ0) is 14.7. The molecule has 1 aliphatic rings. The molecule has 3 rings (SSSR count). The molecule has 0 radical (unpaired) electrons. The summed E-state index contributed by atoms with van der Waals surface area (Å²) in [7, 11) is 0. The van der Waals surface area contributed by atoms with Crippen LogP contribution < -0.4 is 4.90 Å². The lowest BCUT2D eigenvalue weighted by atomic mass is 9.97. The second-order valence-corrected chi connectivity index (χ2v) is 5.68. The number of nitrogens with zero attached hydrogens (tertiary/aromatic N) is 3. The fourth-order valence-electron chi connectivity index (χ4n) is 2.81. The van der Waals surface area contributed by atoms with Crippen molar-refractivity contribution in [3.63, 3.8) is 0 Å². The summed E-state index contributed by atoms with van der Waals surface area (Å²) in [6.07, 6.45) is 5.35. The average molecular weight is 298 g/mol. The number of hydrogen-bond donors (Lipinski definition) is 0. The molecule has 0 aliphatic carbocycles. The van der Waals surface area contributed by atoms with E-state index in [0.29, 0.717) is 5.02 Å². The van der Waals surface area contributed by atoms with Crippen molar-refractivity contribution < 1.29 is 0 Å². The van der Waals surface area contributed by atoms with Gasteiger partial charge in [-0.25, -0.2) is 0 Å². The normalized spacial score (nSPS) is 15.7. The highest BCUT2D eigenvalue weighted by molar-refractivity contribution is 6.33. The van der Waals surface area contributed by atoms with E-state index in [1.807, 2.05) is 24.4 Å². The van der Waals surface area contributed by atoms with Crippen molar-refractivity contribution in [2.45, 2.75) is 12.8 Å². The van der Waals surface area contributed by atoms with Crippen LogP contribution in [0.1, 0.15) is 12.8 Å². The first-order valence-electron chi connectivity index (χ1n) is 7.13. The molecule has 106 valence electrons. The molecule has 1 aromatic heterocycles. The smallest absolute Gasteiger partial charge is 0.0829 e. The molecule has 3 nitrogen and oxygen atoms in total. The predicted molar refractivity (Wildman–Crippen MR) is 85.2 cm³/mol. The number of pyridine rings is 1. The van der Waals surface area contributed by atoms with Gasteiger partial charge in [0.1, 0.15) is 0 Å². The number of halogens is 1. The van der Waals surface area contributed by atoms with Crippen molar-refractivity contribution >= 4 is 17.3 Å². The van der Waals surface area contributed by atoms with Crippen molar-refractivity contribution in [3.05, 3.63) is 47.7 Å². The lowest BCUT2D eigenvalue weighted by molar-refractivity contribution is 0.488. The van der Waals surface area contributed by atoms with Crippen molar-refractivity contribution in [1.82, 2.24) is 4.98 Å². The third-order valence-electron chi connectivity index (χ3n) is 3.95. The summed E-state index contributed by atoms with van der Waals surface area (Å²) in [5, 5.41) is 9.70. The summed E-state index contributed by atoms with van der Waals surface area (Å²) in [4.78, 5) is 6.51. The Kier molecular flexibility index (Phi) is 4.08. The lowest BCUT2D eigenvalue weighted by Gasteiger charge is -2.33. The van der Waals surface area contributed by atoms with Crippen molar-refractivity contribution in [2.75, 3.05) is 18.0 Å². The molecule has 1 aromatic carbocycles. The van der Waals surface area contributed by atoms with Crippen LogP contribution in [-0.4, -0.2) is 18.1 Å². The minimum atomic E-state index is 0.169. The molecule has 21 heavy (non-hydrogen) atoms. The molecular formula is C17H16ClN3. The highest BCUT2D eigenvalue weighted by Gasteiger charge is 2.23. The molecule has 0 bridgehead atoms. The van der Waals surface area contributed by atoms with Gasteiger partial charge in [0, 0.05) is 37.0 Å². The van der Waals surface area contributed by atoms with Crippen molar-refractivity contribution in [2.24, 2.45) is 5.92 Å². The van der Waals surface area contributed by atoms with Gasteiger partial charge in [-0.2, -0.15) is 5.26 Å². The highest BCUT2D eigenvalue weighted by Crippen LogP contribution is 2.37. The molecular weight excluding hydrogens is 282 g/mol. The zero-order valence-electron chi connectivity index (χ0n) is 11.7. The number of benzene rings is 1. The molecule has 0 N–H and O–H groups in total. The van der Waals surface area contributed by atoms with E-state index in [9.17, 15) is 0 Å². The van der Waals surface area contributed by atoms with Gasteiger partial charge in [-0.15, -0.1) is 0 Å². The Morgan fingerprint density at radius 3 is 2.52 bits per heavy atom.